The summed E-state index contributed by atoms with van der Waals surface area (Å²) < 4.78 is 6.68. The topological polar surface area (TPSA) is 126 Å². The van der Waals surface area contributed by atoms with Crippen molar-refractivity contribution in [1.82, 2.24) is 19.9 Å². The van der Waals surface area contributed by atoms with Gasteiger partial charge in [0.25, 0.3) is 0 Å². The molecule has 0 saturated heterocycles. The summed E-state index contributed by atoms with van der Waals surface area (Å²) in [5.41, 5.74) is 8.24. The predicted octanol–water partition coefficient (Wildman–Crippen LogP) is 1.97. The Hall–Kier alpha value is -3.23. The summed E-state index contributed by atoms with van der Waals surface area (Å²) in [6.45, 7) is 2.30. The van der Waals surface area contributed by atoms with Crippen LogP contribution in [0.1, 0.15) is 11.5 Å². The molecule has 0 aliphatic heterocycles. The SMILES string of the molecule is Cc1c(N)cccc1-c1noc(CCn2ccc([N+](=O)[O-])n2)n1. The van der Waals surface area contributed by atoms with Crippen LogP contribution in [-0.2, 0) is 13.0 Å². The quantitative estimate of drug-likeness (QED) is 0.433. The minimum absolute atomic E-state index is 0.188. The van der Waals surface area contributed by atoms with Gasteiger partial charge >= 0.3 is 5.82 Å². The highest BCUT2D eigenvalue weighted by Crippen LogP contribution is 2.24. The molecule has 0 fully saturated rings. The van der Waals surface area contributed by atoms with Crippen LogP contribution >= 0.6 is 0 Å². The van der Waals surface area contributed by atoms with Crippen molar-refractivity contribution in [1.29, 1.82) is 0 Å². The summed E-state index contributed by atoms with van der Waals surface area (Å²) in [5.74, 6) is 0.711. The Balaban J connectivity index is 1.72. The minimum atomic E-state index is -0.538. The molecule has 2 N–H and O–H groups in total. The Kier molecular flexibility index (Phi) is 3.75. The number of aryl methyl sites for hydroxylation is 2. The van der Waals surface area contributed by atoms with Crippen molar-refractivity contribution in [2.75, 3.05) is 5.73 Å². The second-order valence-electron chi connectivity index (χ2n) is 4.98. The largest absolute Gasteiger partial charge is 0.398 e. The number of nitro groups is 1. The molecule has 0 unspecified atom stereocenters. The highest BCUT2D eigenvalue weighted by molar-refractivity contribution is 5.67. The molecule has 0 spiro atoms. The van der Waals surface area contributed by atoms with Gasteiger partial charge < -0.3 is 20.4 Å². The van der Waals surface area contributed by atoms with E-state index in [1.165, 1.54) is 16.9 Å². The molecule has 1 aromatic carbocycles. The van der Waals surface area contributed by atoms with Gasteiger partial charge in [-0.3, -0.25) is 0 Å². The van der Waals surface area contributed by atoms with Gasteiger partial charge in [0.05, 0.1) is 23.9 Å². The third-order valence-corrected chi connectivity index (χ3v) is 3.45. The first-order chi connectivity index (χ1) is 11.0. The molecule has 9 heteroatoms. The number of anilines is 1. The smallest absolute Gasteiger partial charge is 0.389 e. The molecule has 0 amide bonds. The standard InChI is InChI=1S/C14H14N6O3/c1-9-10(3-2-4-11(9)15)14-16-13(23-18-14)6-8-19-7-5-12(17-19)20(21)22/h2-5,7H,6,8,15H2,1H3. The summed E-state index contributed by atoms with van der Waals surface area (Å²) in [6, 6.07) is 6.85. The van der Waals surface area contributed by atoms with Gasteiger partial charge in [-0.25, -0.2) is 0 Å². The first-order valence-electron chi connectivity index (χ1n) is 6.90. The zero-order valence-corrected chi connectivity index (χ0v) is 12.3. The zero-order valence-electron chi connectivity index (χ0n) is 12.3. The van der Waals surface area contributed by atoms with Crippen molar-refractivity contribution in [2.45, 2.75) is 19.9 Å². The summed E-state index contributed by atoms with van der Waals surface area (Å²) in [5, 5.41) is 18.4. The Labute approximate surface area is 130 Å². The molecule has 2 aromatic heterocycles. The number of rotatable bonds is 5. The van der Waals surface area contributed by atoms with Crippen molar-refractivity contribution in [3.63, 3.8) is 0 Å². The van der Waals surface area contributed by atoms with Crippen LogP contribution in [0.4, 0.5) is 11.5 Å². The lowest BCUT2D eigenvalue weighted by molar-refractivity contribution is -0.389. The number of aromatic nitrogens is 4. The lowest BCUT2D eigenvalue weighted by Gasteiger charge is -2.03. The van der Waals surface area contributed by atoms with E-state index < -0.39 is 4.92 Å². The van der Waals surface area contributed by atoms with Crippen molar-refractivity contribution in [3.05, 3.63) is 52.0 Å². The minimum Gasteiger partial charge on any atom is -0.398 e. The van der Waals surface area contributed by atoms with Gasteiger partial charge in [-0.2, -0.15) is 9.67 Å². The third kappa shape index (κ3) is 3.03. The molecule has 118 valence electrons. The number of nitrogens with zero attached hydrogens (tertiary/aromatic N) is 5. The highest BCUT2D eigenvalue weighted by Gasteiger charge is 2.14. The lowest BCUT2D eigenvalue weighted by atomic mass is 10.1. The second-order valence-corrected chi connectivity index (χ2v) is 4.98. The Morgan fingerprint density at radius 1 is 1.39 bits per heavy atom. The fourth-order valence-corrected chi connectivity index (χ4v) is 2.14. The average molecular weight is 314 g/mol. The van der Waals surface area contributed by atoms with Gasteiger partial charge in [-0.05, 0) is 23.5 Å². The van der Waals surface area contributed by atoms with Gasteiger partial charge in [0.15, 0.2) is 0 Å². The molecule has 3 aromatic rings. The van der Waals surface area contributed by atoms with E-state index in [1.54, 1.807) is 0 Å². The van der Waals surface area contributed by atoms with Gasteiger partial charge in [0.1, 0.15) is 0 Å². The number of nitrogen functional groups attached to an aromatic ring is 1. The van der Waals surface area contributed by atoms with Crippen molar-refractivity contribution in [3.8, 4) is 11.4 Å². The molecule has 0 radical (unpaired) electrons. The second kappa shape index (κ2) is 5.87. The number of hydrogen-bond donors (Lipinski definition) is 1. The summed E-state index contributed by atoms with van der Waals surface area (Å²) in [7, 11) is 0. The van der Waals surface area contributed by atoms with E-state index in [2.05, 4.69) is 15.2 Å². The molecule has 9 nitrogen and oxygen atoms in total. The average Bonchev–Trinajstić information content (AvgIpc) is 3.17. The molecule has 0 aliphatic carbocycles. The molecular formula is C14H14N6O3. The molecule has 0 saturated carbocycles. The van der Waals surface area contributed by atoms with E-state index in [4.69, 9.17) is 10.3 Å². The molecule has 0 atom stereocenters. The van der Waals surface area contributed by atoms with Crippen molar-refractivity contribution < 1.29 is 9.45 Å². The van der Waals surface area contributed by atoms with Crippen molar-refractivity contribution >= 4 is 11.5 Å². The van der Waals surface area contributed by atoms with Gasteiger partial charge in [0, 0.05) is 17.7 Å². The van der Waals surface area contributed by atoms with Crippen molar-refractivity contribution in [2.24, 2.45) is 0 Å². The number of hydrogen-bond acceptors (Lipinski definition) is 7. The van der Waals surface area contributed by atoms with Crippen LogP contribution in [0.3, 0.4) is 0 Å². The Morgan fingerprint density at radius 2 is 2.22 bits per heavy atom. The molecular weight excluding hydrogens is 300 g/mol. The maximum Gasteiger partial charge on any atom is 0.389 e. The van der Waals surface area contributed by atoms with Crippen LogP contribution in [0.15, 0.2) is 35.0 Å². The Morgan fingerprint density at radius 3 is 2.96 bits per heavy atom. The fraction of sp³-hybridized carbons (Fsp3) is 0.214. The lowest BCUT2D eigenvalue weighted by Crippen LogP contribution is -2.03. The Bertz CT molecular complexity index is 854. The van der Waals surface area contributed by atoms with E-state index >= 15 is 0 Å². The number of benzene rings is 1. The number of nitrogens with two attached hydrogens (primary N) is 1. The van der Waals surface area contributed by atoms with E-state index in [9.17, 15) is 10.1 Å². The maximum atomic E-state index is 10.6. The van der Waals surface area contributed by atoms with E-state index in [0.29, 0.717) is 30.4 Å². The molecule has 2 heterocycles. The maximum absolute atomic E-state index is 10.6. The first-order valence-corrected chi connectivity index (χ1v) is 6.90. The fourth-order valence-electron chi connectivity index (χ4n) is 2.14. The monoisotopic (exact) mass is 314 g/mol. The highest BCUT2D eigenvalue weighted by atomic mass is 16.6. The summed E-state index contributed by atoms with van der Waals surface area (Å²) in [6.07, 6.45) is 1.96. The van der Waals surface area contributed by atoms with Gasteiger partial charge in [0.2, 0.25) is 11.7 Å². The van der Waals surface area contributed by atoms with Crippen LogP contribution in [0.25, 0.3) is 11.4 Å². The first kappa shape index (κ1) is 14.7. The summed E-state index contributed by atoms with van der Waals surface area (Å²) >= 11 is 0. The van der Waals surface area contributed by atoms with Crippen LogP contribution in [0.2, 0.25) is 0 Å². The van der Waals surface area contributed by atoms with Crippen LogP contribution in [-0.4, -0.2) is 24.8 Å². The molecule has 23 heavy (non-hydrogen) atoms. The molecule has 3 rings (SSSR count). The van der Waals surface area contributed by atoms with Gasteiger partial charge in [-0.15, -0.1) is 0 Å². The van der Waals surface area contributed by atoms with Gasteiger partial charge in [-0.1, -0.05) is 17.3 Å². The predicted molar refractivity (Wildman–Crippen MR) is 81.5 cm³/mol. The normalized spacial score (nSPS) is 10.8. The van der Waals surface area contributed by atoms with Crippen LogP contribution in [0, 0.1) is 17.0 Å². The zero-order chi connectivity index (χ0) is 16.4. The van der Waals surface area contributed by atoms with E-state index in [-0.39, 0.29) is 5.82 Å². The van der Waals surface area contributed by atoms with Crippen LogP contribution < -0.4 is 5.73 Å². The van der Waals surface area contributed by atoms with E-state index in [0.717, 1.165) is 11.1 Å². The third-order valence-electron chi connectivity index (χ3n) is 3.45. The van der Waals surface area contributed by atoms with E-state index in [1.807, 2.05) is 25.1 Å². The molecule has 0 aliphatic rings. The van der Waals surface area contributed by atoms with Crippen LogP contribution in [0.5, 0.6) is 0 Å². The molecule has 0 bridgehead atoms. The summed E-state index contributed by atoms with van der Waals surface area (Å²) in [4.78, 5) is 14.4.